The van der Waals surface area contributed by atoms with Crippen LogP contribution in [0.25, 0.3) is 10.9 Å². The molecule has 4 rings (SSSR count). The van der Waals surface area contributed by atoms with Crippen LogP contribution in [0.2, 0.25) is 0 Å². The lowest BCUT2D eigenvalue weighted by Gasteiger charge is -2.33. The minimum atomic E-state index is -0.245. The number of rotatable bonds is 3. The molecule has 1 N–H and O–H groups in total. The number of fused-ring (bicyclic) bond motifs is 1. The third-order valence-corrected chi connectivity index (χ3v) is 4.55. The summed E-state index contributed by atoms with van der Waals surface area (Å²) in [5, 5.41) is 1.03. The number of anilines is 1. The fraction of sp³-hybridized carbons (Fsp3) is 0.316. The zero-order chi connectivity index (χ0) is 18.1. The molecule has 1 aliphatic rings. The monoisotopic (exact) mass is 351 g/mol. The molecule has 1 saturated heterocycles. The summed E-state index contributed by atoms with van der Waals surface area (Å²) in [6.07, 6.45) is 3.35. The Hall–Kier alpha value is -2.93. The zero-order valence-corrected chi connectivity index (χ0v) is 14.8. The molecule has 0 spiro atoms. The maximum atomic E-state index is 12.9. The van der Waals surface area contributed by atoms with Gasteiger partial charge in [-0.05, 0) is 30.3 Å². The van der Waals surface area contributed by atoms with Crippen LogP contribution in [-0.2, 0) is 4.74 Å². The molecule has 1 aromatic carbocycles. The third-order valence-electron chi connectivity index (χ3n) is 4.55. The Kier molecular flexibility index (Phi) is 4.30. The van der Waals surface area contributed by atoms with Crippen LogP contribution in [0.3, 0.4) is 0 Å². The average Bonchev–Trinajstić information content (AvgIpc) is 3.15. The van der Waals surface area contributed by atoms with Gasteiger partial charge in [0.25, 0.3) is 5.91 Å². The van der Waals surface area contributed by atoms with Crippen molar-refractivity contribution in [2.24, 2.45) is 0 Å². The molecule has 0 saturated carbocycles. The lowest BCUT2D eigenvalue weighted by Crippen LogP contribution is -2.42. The van der Waals surface area contributed by atoms with E-state index in [1.807, 2.05) is 60.4 Å². The predicted molar refractivity (Wildman–Crippen MR) is 99.3 cm³/mol. The summed E-state index contributed by atoms with van der Waals surface area (Å²) in [4.78, 5) is 28.5. The average molecular weight is 351 g/mol. The Bertz CT molecular complexity index is 936. The Morgan fingerprint density at radius 1 is 1.31 bits per heavy atom. The highest BCUT2D eigenvalue weighted by Crippen LogP contribution is 2.23. The van der Waals surface area contributed by atoms with Gasteiger partial charge in [-0.25, -0.2) is 9.97 Å². The summed E-state index contributed by atoms with van der Waals surface area (Å²) in [7, 11) is 3.79. The summed E-state index contributed by atoms with van der Waals surface area (Å²) in [6, 6.07) is 9.54. The first-order valence-corrected chi connectivity index (χ1v) is 8.60. The SMILES string of the molecule is CN(C)c1nccc(C2CN(C(=O)c3ccc4[nH]ccc4c3)CCO2)n1. The Labute approximate surface area is 151 Å². The number of aromatic nitrogens is 3. The molecule has 0 radical (unpaired) electrons. The molecule has 1 fully saturated rings. The number of nitrogens with one attached hydrogen (secondary N) is 1. The van der Waals surface area contributed by atoms with Crippen LogP contribution in [0, 0.1) is 0 Å². The summed E-state index contributed by atoms with van der Waals surface area (Å²) in [6.45, 7) is 1.55. The summed E-state index contributed by atoms with van der Waals surface area (Å²) in [5.41, 5.74) is 2.51. The van der Waals surface area contributed by atoms with Crippen molar-refractivity contribution in [2.75, 3.05) is 38.7 Å². The van der Waals surface area contributed by atoms with E-state index in [1.54, 1.807) is 6.20 Å². The molecule has 1 aliphatic heterocycles. The van der Waals surface area contributed by atoms with Crippen molar-refractivity contribution >= 4 is 22.8 Å². The second kappa shape index (κ2) is 6.76. The number of amides is 1. The number of morpholine rings is 1. The van der Waals surface area contributed by atoms with E-state index < -0.39 is 0 Å². The summed E-state index contributed by atoms with van der Waals surface area (Å²) in [5.74, 6) is 0.649. The number of hydrogen-bond acceptors (Lipinski definition) is 5. The molecule has 1 unspecified atom stereocenters. The van der Waals surface area contributed by atoms with Gasteiger partial charge in [-0.2, -0.15) is 0 Å². The number of H-pyrrole nitrogens is 1. The van der Waals surface area contributed by atoms with Crippen LogP contribution in [-0.4, -0.2) is 59.6 Å². The maximum Gasteiger partial charge on any atom is 0.254 e. The zero-order valence-electron chi connectivity index (χ0n) is 14.8. The highest BCUT2D eigenvalue weighted by atomic mass is 16.5. The summed E-state index contributed by atoms with van der Waals surface area (Å²) >= 11 is 0. The van der Waals surface area contributed by atoms with Crippen LogP contribution in [0.4, 0.5) is 5.95 Å². The first-order valence-electron chi connectivity index (χ1n) is 8.60. The standard InChI is InChI=1S/C19H21N5O2/c1-23(2)19-21-8-6-16(22-19)17-12-24(9-10-26-17)18(25)14-3-4-15-13(11-14)5-7-20-15/h3-8,11,17,20H,9-10,12H2,1-2H3. The first kappa shape index (κ1) is 16.5. The number of nitrogens with zero attached hydrogens (tertiary/aromatic N) is 4. The van der Waals surface area contributed by atoms with Crippen LogP contribution in [0.1, 0.15) is 22.2 Å². The molecule has 0 bridgehead atoms. The van der Waals surface area contributed by atoms with Gasteiger partial charge in [-0.1, -0.05) is 0 Å². The molecule has 3 aromatic rings. The Balaban J connectivity index is 1.54. The van der Waals surface area contributed by atoms with E-state index in [2.05, 4.69) is 15.0 Å². The smallest absolute Gasteiger partial charge is 0.254 e. The quantitative estimate of drug-likeness (QED) is 0.783. The number of aromatic amines is 1. The van der Waals surface area contributed by atoms with E-state index >= 15 is 0 Å². The van der Waals surface area contributed by atoms with E-state index in [0.717, 1.165) is 16.6 Å². The van der Waals surface area contributed by atoms with E-state index in [9.17, 15) is 4.79 Å². The first-order chi connectivity index (χ1) is 12.6. The normalized spacial score (nSPS) is 17.5. The fourth-order valence-electron chi connectivity index (χ4n) is 3.14. The van der Waals surface area contributed by atoms with E-state index in [1.165, 1.54) is 0 Å². The van der Waals surface area contributed by atoms with Crippen molar-refractivity contribution in [1.82, 2.24) is 19.9 Å². The van der Waals surface area contributed by atoms with Crippen LogP contribution < -0.4 is 4.90 Å². The highest BCUT2D eigenvalue weighted by Gasteiger charge is 2.27. The van der Waals surface area contributed by atoms with Gasteiger partial charge < -0.3 is 19.5 Å². The lowest BCUT2D eigenvalue weighted by molar-refractivity contribution is -0.0247. The van der Waals surface area contributed by atoms with Crippen molar-refractivity contribution in [3.63, 3.8) is 0 Å². The van der Waals surface area contributed by atoms with Crippen molar-refractivity contribution in [1.29, 1.82) is 0 Å². The van der Waals surface area contributed by atoms with Gasteiger partial charge >= 0.3 is 0 Å². The number of benzene rings is 1. The van der Waals surface area contributed by atoms with Crippen molar-refractivity contribution in [3.05, 3.63) is 54.0 Å². The number of hydrogen-bond donors (Lipinski definition) is 1. The molecular formula is C19H21N5O2. The molecule has 3 heterocycles. The molecule has 0 aliphatic carbocycles. The minimum absolute atomic E-state index is 0.0169. The van der Waals surface area contributed by atoms with Gasteiger partial charge in [-0.3, -0.25) is 4.79 Å². The van der Waals surface area contributed by atoms with Gasteiger partial charge in [0.1, 0.15) is 6.10 Å². The van der Waals surface area contributed by atoms with Gasteiger partial charge in [0, 0.05) is 49.5 Å². The molecule has 7 nitrogen and oxygen atoms in total. The van der Waals surface area contributed by atoms with Crippen molar-refractivity contribution in [2.45, 2.75) is 6.10 Å². The molecule has 1 atom stereocenters. The van der Waals surface area contributed by atoms with Gasteiger partial charge in [0.15, 0.2) is 0 Å². The number of carbonyl (C=O) groups is 1. The Morgan fingerprint density at radius 3 is 3.04 bits per heavy atom. The molecular weight excluding hydrogens is 330 g/mol. The highest BCUT2D eigenvalue weighted by molar-refractivity contribution is 5.98. The lowest BCUT2D eigenvalue weighted by atomic mass is 10.1. The molecule has 1 amide bonds. The Morgan fingerprint density at radius 2 is 2.19 bits per heavy atom. The third kappa shape index (κ3) is 3.13. The fourth-order valence-corrected chi connectivity index (χ4v) is 3.14. The van der Waals surface area contributed by atoms with Crippen LogP contribution >= 0.6 is 0 Å². The maximum absolute atomic E-state index is 12.9. The van der Waals surface area contributed by atoms with Crippen LogP contribution in [0.5, 0.6) is 0 Å². The largest absolute Gasteiger partial charge is 0.368 e. The summed E-state index contributed by atoms with van der Waals surface area (Å²) < 4.78 is 5.87. The van der Waals surface area contributed by atoms with E-state index in [4.69, 9.17) is 4.74 Å². The molecule has 7 heteroatoms. The number of ether oxygens (including phenoxy) is 1. The topological polar surface area (TPSA) is 74.4 Å². The van der Waals surface area contributed by atoms with Crippen molar-refractivity contribution in [3.8, 4) is 0 Å². The minimum Gasteiger partial charge on any atom is -0.368 e. The predicted octanol–water partition coefficient (Wildman–Crippen LogP) is 2.24. The van der Waals surface area contributed by atoms with Crippen LogP contribution in [0.15, 0.2) is 42.7 Å². The molecule has 26 heavy (non-hydrogen) atoms. The van der Waals surface area contributed by atoms with E-state index in [-0.39, 0.29) is 12.0 Å². The second-order valence-electron chi connectivity index (χ2n) is 6.57. The van der Waals surface area contributed by atoms with Crippen molar-refractivity contribution < 1.29 is 9.53 Å². The number of carbonyl (C=O) groups excluding carboxylic acids is 1. The van der Waals surface area contributed by atoms with Gasteiger partial charge in [0.2, 0.25) is 5.95 Å². The molecule has 2 aromatic heterocycles. The second-order valence-corrected chi connectivity index (χ2v) is 6.57. The molecule has 134 valence electrons. The van der Waals surface area contributed by atoms with Gasteiger partial charge in [0.05, 0.1) is 18.8 Å². The van der Waals surface area contributed by atoms with Gasteiger partial charge in [-0.15, -0.1) is 0 Å². The van der Waals surface area contributed by atoms with E-state index in [0.29, 0.717) is 31.2 Å².